The highest BCUT2D eigenvalue weighted by atomic mass is 35.5. The van der Waals surface area contributed by atoms with Crippen LogP contribution >= 0.6 is 23.1 Å². The van der Waals surface area contributed by atoms with Crippen LogP contribution in [-0.4, -0.2) is 40.8 Å². The summed E-state index contributed by atoms with van der Waals surface area (Å²) >= 11 is 7.16. The number of anilines is 1. The Morgan fingerprint density at radius 2 is 1.85 bits per heavy atom. The molecule has 0 saturated heterocycles. The molecule has 0 aliphatic rings. The first kappa shape index (κ1) is 25.1. The van der Waals surface area contributed by atoms with Crippen LogP contribution in [0.3, 0.4) is 0 Å². The summed E-state index contributed by atoms with van der Waals surface area (Å²) in [6, 6.07) is 10.0. The number of nitrogens with zero attached hydrogens (tertiary/aromatic N) is 2. The molecule has 1 atom stereocenters. The first-order valence-electron chi connectivity index (χ1n) is 9.07. The molecule has 1 heterocycles. The van der Waals surface area contributed by atoms with Crippen LogP contribution in [-0.2, 0) is 21.4 Å². The fraction of sp³-hybridized carbons (Fsp3) is 0.211. The van der Waals surface area contributed by atoms with Crippen molar-refractivity contribution >= 4 is 44.8 Å². The summed E-state index contributed by atoms with van der Waals surface area (Å²) in [5.41, 5.74) is -1.77. The molecule has 0 fully saturated rings. The van der Waals surface area contributed by atoms with Crippen LogP contribution in [0.25, 0.3) is 11.3 Å². The van der Waals surface area contributed by atoms with Crippen LogP contribution in [0.2, 0.25) is 5.02 Å². The van der Waals surface area contributed by atoms with Crippen LogP contribution in [0.1, 0.15) is 12.5 Å². The molecular weight excluding hydrogens is 505 g/mol. The molecule has 2 aromatic carbocycles. The monoisotopic (exact) mass is 520 g/mol. The molecule has 3 aromatic rings. The van der Waals surface area contributed by atoms with Gasteiger partial charge in [0.15, 0.2) is 0 Å². The first-order chi connectivity index (χ1) is 15.3. The van der Waals surface area contributed by atoms with E-state index in [4.69, 9.17) is 11.6 Å². The summed E-state index contributed by atoms with van der Waals surface area (Å²) in [7, 11) is -4.03. The second-order valence-corrected chi connectivity index (χ2v) is 9.76. The van der Waals surface area contributed by atoms with Gasteiger partial charge in [-0.2, -0.15) is 13.2 Å². The molecule has 0 aliphatic carbocycles. The lowest BCUT2D eigenvalue weighted by Crippen LogP contribution is -2.52. The lowest BCUT2D eigenvalue weighted by Gasteiger charge is -2.25. The van der Waals surface area contributed by atoms with Crippen LogP contribution in [0.5, 0.6) is 0 Å². The number of alkyl halides is 3. The van der Waals surface area contributed by atoms with Crippen molar-refractivity contribution in [2.24, 2.45) is 0 Å². The maximum absolute atomic E-state index is 12.8. The van der Waals surface area contributed by atoms with E-state index in [-0.39, 0.29) is 22.2 Å². The van der Waals surface area contributed by atoms with Gasteiger partial charge in [-0.25, -0.2) is 13.1 Å². The molecule has 0 unspecified atom stereocenters. The molecule has 3 rings (SSSR count). The third-order valence-electron chi connectivity index (χ3n) is 4.57. The fourth-order valence-corrected chi connectivity index (χ4v) is 4.28. The smallest absolute Gasteiger partial charge is 0.373 e. The van der Waals surface area contributed by atoms with Gasteiger partial charge in [0.25, 0.3) is 5.91 Å². The number of carbonyl (C=O) groups is 1. The SMILES string of the molecule is C[C@@](O)(C(=O)Nc1ccc(S(=O)(=O)NCc2ccc(-c3csnn3)cc2)cc1Cl)C(F)(F)F. The molecule has 1 amide bonds. The van der Waals surface area contributed by atoms with Crippen LogP contribution in [0.15, 0.2) is 52.7 Å². The number of sulfonamides is 1. The number of halogens is 4. The van der Waals surface area contributed by atoms with Gasteiger partial charge in [-0.1, -0.05) is 40.4 Å². The molecule has 8 nitrogen and oxygen atoms in total. The Morgan fingerprint density at radius 1 is 1.18 bits per heavy atom. The van der Waals surface area contributed by atoms with Crippen molar-refractivity contribution < 1.29 is 31.5 Å². The second kappa shape index (κ2) is 9.35. The van der Waals surface area contributed by atoms with E-state index >= 15 is 0 Å². The Bertz CT molecular complexity index is 1250. The molecule has 3 N–H and O–H groups in total. The van der Waals surface area contributed by atoms with Gasteiger partial charge < -0.3 is 10.4 Å². The third-order valence-corrected chi connectivity index (χ3v) is 6.79. The molecule has 0 spiro atoms. The van der Waals surface area contributed by atoms with E-state index in [0.717, 1.165) is 23.8 Å². The minimum atomic E-state index is -5.22. The Balaban J connectivity index is 1.69. The molecule has 0 aliphatic heterocycles. The summed E-state index contributed by atoms with van der Waals surface area (Å²) in [5.74, 6) is -1.76. The molecule has 0 radical (unpaired) electrons. The number of aliphatic hydroxyl groups is 1. The topological polar surface area (TPSA) is 121 Å². The number of nitrogens with one attached hydrogen (secondary N) is 2. The molecular formula is C19H16ClF3N4O4S2. The number of hydrogen-bond acceptors (Lipinski definition) is 7. The molecule has 14 heteroatoms. The number of rotatable bonds is 7. The van der Waals surface area contributed by atoms with E-state index in [1.54, 1.807) is 29.6 Å². The van der Waals surface area contributed by atoms with E-state index in [9.17, 15) is 31.5 Å². The standard InChI is InChI=1S/C19H16ClF3N4O4S2/c1-18(29,19(21,22)23)17(28)25-15-7-6-13(8-14(15)20)33(30,31)24-9-11-2-4-12(5-3-11)16-10-32-27-26-16/h2-8,10,24,29H,9H2,1H3,(H,25,28)/t18-/m1/s1. The van der Waals surface area contributed by atoms with Gasteiger partial charge in [-0.15, -0.1) is 5.10 Å². The van der Waals surface area contributed by atoms with Crippen molar-refractivity contribution in [1.82, 2.24) is 14.3 Å². The zero-order valence-corrected chi connectivity index (χ0v) is 19.1. The summed E-state index contributed by atoms with van der Waals surface area (Å²) in [6.07, 6.45) is -5.22. The molecule has 0 saturated carbocycles. The van der Waals surface area contributed by atoms with Crippen LogP contribution in [0, 0.1) is 0 Å². The number of aromatic nitrogens is 2. The summed E-state index contributed by atoms with van der Waals surface area (Å²) in [5, 5.41) is 16.7. The Kier molecular flexibility index (Phi) is 7.10. The largest absolute Gasteiger partial charge is 0.426 e. The molecule has 1 aromatic heterocycles. The van der Waals surface area contributed by atoms with Gasteiger partial charge >= 0.3 is 6.18 Å². The summed E-state index contributed by atoms with van der Waals surface area (Å²) in [6.45, 7) is 0.252. The lowest BCUT2D eigenvalue weighted by atomic mass is 10.1. The minimum Gasteiger partial charge on any atom is -0.373 e. The molecule has 33 heavy (non-hydrogen) atoms. The number of amides is 1. The van der Waals surface area contributed by atoms with Crippen molar-refractivity contribution in [2.75, 3.05) is 5.32 Å². The predicted octanol–water partition coefficient (Wildman–Crippen LogP) is 3.59. The van der Waals surface area contributed by atoms with Gasteiger partial charge in [0, 0.05) is 17.5 Å². The van der Waals surface area contributed by atoms with E-state index < -0.39 is 27.7 Å². The van der Waals surface area contributed by atoms with Crippen molar-refractivity contribution in [3.05, 3.63) is 58.4 Å². The van der Waals surface area contributed by atoms with E-state index in [1.807, 2.05) is 5.32 Å². The summed E-state index contributed by atoms with van der Waals surface area (Å²) in [4.78, 5) is 11.5. The molecule has 0 bridgehead atoms. The molecule has 176 valence electrons. The highest BCUT2D eigenvalue weighted by Crippen LogP contribution is 2.32. The quantitative estimate of drug-likeness (QED) is 0.438. The van der Waals surface area contributed by atoms with Gasteiger partial charge in [0.1, 0.15) is 5.69 Å². The van der Waals surface area contributed by atoms with Gasteiger partial charge in [0.2, 0.25) is 15.6 Å². The average Bonchev–Trinajstić information content (AvgIpc) is 3.28. The van der Waals surface area contributed by atoms with Crippen LogP contribution in [0.4, 0.5) is 18.9 Å². The zero-order valence-electron chi connectivity index (χ0n) is 16.7. The van der Waals surface area contributed by atoms with Crippen molar-refractivity contribution in [3.8, 4) is 11.3 Å². The van der Waals surface area contributed by atoms with Crippen molar-refractivity contribution in [1.29, 1.82) is 0 Å². The fourth-order valence-electron chi connectivity index (χ4n) is 2.48. The highest BCUT2D eigenvalue weighted by molar-refractivity contribution is 7.89. The first-order valence-corrected chi connectivity index (χ1v) is 11.8. The minimum absolute atomic E-state index is 0.0392. The Morgan fingerprint density at radius 3 is 2.39 bits per heavy atom. The summed E-state index contributed by atoms with van der Waals surface area (Å²) < 4.78 is 69.7. The van der Waals surface area contributed by atoms with Crippen molar-refractivity contribution in [3.63, 3.8) is 0 Å². The van der Waals surface area contributed by atoms with Gasteiger partial charge in [0.05, 0.1) is 15.6 Å². The highest BCUT2D eigenvalue weighted by Gasteiger charge is 2.55. The maximum atomic E-state index is 12.8. The number of carbonyl (C=O) groups excluding carboxylic acids is 1. The third kappa shape index (κ3) is 5.68. The Hall–Kier alpha value is -2.58. The van der Waals surface area contributed by atoms with E-state index in [2.05, 4.69) is 14.3 Å². The van der Waals surface area contributed by atoms with Gasteiger partial charge in [-0.3, -0.25) is 4.79 Å². The average molecular weight is 521 g/mol. The predicted molar refractivity (Wildman–Crippen MR) is 116 cm³/mol. The van der Waals surface area contributed by atoms with Crippen molar-refractivity contribution in [2.45, 2.75) is 30.1 Å². The van der Waals surface area contributed by atoms with Gasteiger partial charge in [-0.05, 0) is 42.2 Å². The maximum Gasteiger partial charge on any atom is 0.426 e. The number of hydrogen-bond donors (Lipinski definition) is 3. The lowest BCUT2D eigenvalue weighted by molar-refractivity contribution is -0.242. The number of benzene rings is 2. The van der Waals surface area contributed by atoms with Crippen LogP contribution < -0.4 is 10.0 Å². The van der Waals surface area contributed by atoms with E-state index in [0.29, 0.717) is 18.2 Å². The normalized spacial score (nSPS) is 14.0. The van der Waals surface area contributed by atoms with E-state index in [1.165, 1.54) is 11.5 Å². The zero-order chi connectivity index (χ0) is 24.4. The Labute approximate surface area is 195 Å². The second-order valence-electron chi connectivity index (χ2n) is 6.98.